The van der Waals surface area contributed by atoms with E-state index in [9.17, 15) is 24.0 Å². The lowest BCUT2D eigenvalue weighted by atomic mass is 9.89. The van der Waals surface area contributed by atoms with Gasteiger partial charge in [0.2, 0.25) is 12.3 Å². The maximum Gasteiger partial charge on any atom is 0.311 e. The van der Waals surface area contributed by atoms with E-state index in [4.69, 9.17) is 23.4 Å². The second-order valence-electron chi connectivity index (χ2n) is 18.6. The minimum Gasteiger partial charge on any atom is -0.465 e. The van der Waals surface area contributed by atoms with Gasteiger partial charge in [-0.2, -0.15) is 0 Å². The molecule has 1 aliphatic rings. The van der Waals surface area contributed by atoms with Crippen LogP contribution in [0.1, 0.15) is 108 Å². The van der Waals surface area contributed by atoms with Crippen molar-refractivity contribution in [2.24, 2.45) is 22.2 Å². The summed E-state index contributed by atoms with van der Waals surface area (Å²) in [6, 6.07) is 6.31. The molecule has 2 rings (SSSR count). The maximum absolute atomic E-state index is 14.2. The van der Waals surface area contributed by atoms with Crippen molar-refractivity contribution in [2.75, 3.05) is 18.5 Å². The van der Waals surface area contributed by atoms with Gasteiger partial charge in [0, 0.05) is 5.69 Å². The molecule has 1 saturated heterocycles. The van der Waals surface area contributed by atoms with E-state index >= 15 is 0 Å². The third-order valence-electron chi connectivity index (χ3n) is 9.67. The second kappa shape index (κ2) is 17.9. The van der Waals surface area contributed by atoms with Crippen molar-refractivity contribution >= 4 is 44.2 Å². The number of rotatable bonds is 14. The summed E-state index contributed by atoms with van der Waals surface area (Å²) in [4.78, 5) is 68.2. The molecular formula is C40H66N2O10Si. The predicted molar refractivity (Wildman–Crippen MR) is 206 cm³/mol. The first-order chi connectivity index (χ1) is 24.2. The van der Waals surface area contributed by atoms with Gasteiger partial charge in [0.05, 0.1) is 35.4 Å². The molecule has 0 spiro atoms. The van der Waals surface area contributed by atoms with E-state index in [1.807, 2.05) is 25.1 Å². The summed E-state index contributed by atoms with van der Waals surface area (Å²) in [6.07, 6.45) is -2.31. The zero-order chi connectivity index (χ0) is 40.7. The van der Waals surface area contributed by atoms with E-state index < -0.39 is 78.8 Å². The number of carbonyl (C=O) groups is 5. The number of amides is 2. The smallest absolute Gasteiger partial charge is 0.311 e. The van der Waals surface area contributed by atoms with Crippen molar-refractivity contribution in [3.63, 3.8) is 0 Å². The quantitative estimate of drug-likeness (QED) is 0.0890. The molecule has 0 radical (unpaired) electrons. The van der Waals surface area contributed by atoms with Crippen LogP contribution in [0.3, 0.4) is 0 Å². The van der Waals surface area contributed by atoms with Crippen LogP contribution in [0.2, 0.25) is 18.1 Å². The normalized spacial score (nSPS) is 20.5. The van der Waals surface area contributed by atoms with Crippen molar-refractivity contribution in [1.29, 1.82) is 0 Å². The number of ether oxygens (including phenoxy) is 4. The third-order valence-corrected chi connectivity index (χ3v) is 14.1. The minimum absolute atomic E-state index is 0.0120. The molecule has 12 nitrogen and oxygen atoms in total. The van der Waals surface area contributed by atoms with Crippen LogP contribution in [-0.4, -0.2) is 81.1 Å². The number of para-hydroxylation sites is 1. The number of benzene rings is 1. The molecule has 300 valence electrons. The van der Waals surface area contributed by atoms with E-state index in [2.05, 4.69) is 39.2 Å². The number of anilines is 1. The average Bonchev–Trinajstić information content (AvgIpc) is 3.02. The molecule has 1 aromatic carbocycles. The first-order valence-corrected chi connectivity index (χ1v) is 21.5. The molecule has 0 unspecified atom stereocenters. The zero-order valence-corrected chi connectivity index (χ0v) is 35.8. The van der Waals surface area contributed by atoms with Crippen LogP contribution >= 0.6 is 0 Å². The first-order valence-electron chi connectivity index (χ1n) is 18.6. The van der Waals surface area contributed by atoms with Crippen molar-refractivity contribution < 1.29 is 47.3 Å². The fourth-order valence-electron chi connectivity index (χ4n) is 5.02. The van der Waals surface area contributed by atoms with Gasteiger partial charge in [-0.15, -0.1) is 0 Å². The summed E-state index contributed by atoms with van der Waals surface area (Å²) in [7, 11) is -2.11. The highest BCUT2D eigenvalue weighted by Gasteiger charge is 2.51. The number of hydrogen-bond acceptors (Lipinski definition) is 10. The molecular weight excluding hydrogens is 697 g/mol. The Morgan fingerprint density at radius 2 is 1.43 bits per heavy atom. The molecule has 1 aromatic rings. The Morgan fingerprint density at radius 1 is 0.887 bits per heavy atom. The summed E-state index contributed by atoms with van der Waals surface area (Å²) >= 11 is 0. The Hall–Kier alpha value is -3.29. The van der Waals surface area contributed by atoms with E-state index in [0.717, 1.165) is 5.56 Å². The van der Waals surface area contributed by atoms with Gasteiger partial charge in [0.15, 0.2) is 20.6 Å². The lowest BCUT2D eigenvalue weighted by molar-refractivity contribution is -0.241. The predicted octanol–water partition coefficient (Wildman–Crippen LogP) is 7.25. The summed E-state index contributed by atoms with van der Waals surface area (Å²) < 4.78 is 30.5. The van der Waals surface area contributed by atoms with Crippen LogP contribution < -0.4 is 5.32 Å². The van der Waals surface area contributed by atoms with Crippen molar-refractivity contribution in [3.8, 4) is 0 Å². The van der Waals surface area contributed by atoms with Crippen LogP contribution in [0.15, 0.2) is 24.3 Å². The van der Waals surface area contributed by atoms with Crippen LogP contribution in [0.4, 0.5) is 5.69 Å². The molecule has 1 aliphatic heterocycles. The Balaban J connectivity index is 2.60. The topological polar surface area (TPSA) is 147 Å². The summed E-state index contributed by atoms with van der Waals surface area (Å²) in [5.41, 5.74) is -1.38. The largest absolute Gasteiger partial charge is 0.465 e. The molecule has 13 heteroatoms. The molecule has 1 fully saturated rings. The molecule has 1 N–H and O–H groups in total. The average molecular weight is 763 g/mol. The first kappa shape index (κ1) is 45.9. The number of carbonyl (C=O) groups excluding carboxylic acids is 5. The van der Waals surface area contributed by atoms with Gasteiger partial charge in [-0.05, 0) is 98.5 Å². The van der Waals surface area contributed by atoms with Crippen LogP contribution in [-0.2, 0) is 54.0 Å². The SMILES string of the molecule is CCC[C@H](C(=O)Nc1ccccc1CO[Si](C)(C)C(C)(C)C)N(C=O)[C@H]1OC[C@@H](OC(=O)C(C)(C)C)[C@@H](COC(=O)C(C)(C)C)[C@@H]1OC(=O)C(C)(C)C. The monoisotopic (exact) mass is 762 g/mol. The van der Waals surface area contributed by atoms with E-state index in [1.54, 1.807) is 68.4 Å². The number of esters is 3. The van der Waals surface area contributed by atoms with Gasteiger partial charge in [0.25, 0.3) is 0 Å². The third kappa shape index (κ3) is 12.6. The summed E-state index contributed by atoms with van der Waals surface area (Å²) in [5, 5.41) is 3.01. The molecule has 2 amide bonds. The Bertz CT molecular complexity index is 1430. The highest BCUT2D eigenvalue weighted by atomic mass is 28.4. The van der Waals surface area contributed by atoms with Gasteiger partial charge in [-0.3, -0.25) is 24.0 Å². The van der Waals surface area contributed by atoms with Gasteiger partial charge in [-0.1, -0.05) is 52.3 Å². The number of nitrogens with zero attached hydrogens (tertiary/aromatic N) is 1. The molecule has 1 heterocycles. The molecule has 0 bridgehead atoms. The Kier molecular flexibility index (Phi) is 15.5. The number of nitrogens with one attached hydrogen (secondary N) is 1. The Morgan fingerprint density at radius 3 is 1.94 bits per heavy atom. The van der Waals surface area contributed by atoms with Gasteiger partial charge >= 0.3 is 17.9 Å². The molecule has 0 saturated carbocycles. The van der Waals surface area contributed by atoms with Crippen molar-refractivity contribution in [1.82, 2.24) is 4.90 Å². The fourth-order valence-corrected chi connectivity index (χ4v) is 5.97. The number of hydrogen-bond donors (Lipinski definition) is 1. The molecule has 53 heavy (non-hydrogen) atoms. The minimum atomic E-state index is -2.11. The molecule has 5 atom stereocenters. The van der Waals surface area contributed by atoms with Crippen LogP contribution in [0.5, 0.6) is 0 Å². The lowest BCUT2D eigenvalue weighted by Crippen LogP contribution is -2.63. The van der Waals surface area contributed by atoms with Gasteiger partial charge in [0.1, 0.15) is 18.8 Å². The van der Waals surface area contributed by atoms with Crippen LogP contribution in [0.25, 0.3) is 0 Å². The summed E-state index contributed by atoms with van der Waals surface area (Å²) in [5.74, 6) is -3.10. The van der Waals surface area contributed by atoms with Crippen LogP contribution in [0, 0.1) is 22.2 Å². The summed E-state index contributed by atoms with van der Waals surface area (Å²) in [6.45, 7) is 27.7. The van der Waals surface area contributed by atoms with Gasteiger partial charge < -0.3 is 33.6 Å². The zero-order valence-electron chi connectivity index (χ0n) is 34.8. The molecule has 0 aliphatic carbocycles. The Labute approximate surface area is 318 Å². The fraction of sp³-hybridized carbons (Fsp3) is 0.725. The van der Waals surface area contributed by atoms with Crippen molar-refractivity contribution in [3.05, 3.63) is 29.8 Å². The highest BCUT2D eigenvalue weighted by molar-refractivity contribution is 6.74. The van der Waals surface area contributed by atoms with E-state index in [1.165, 1.54) is 4.90 Å². The van der Waals surface area contributed by atoms with E-state index in [-0.39, 0.29) is 24.7 Å². The standard InChI is InChI=1S/C40H66N2O10Si/c1-16-19-29(32(44)41-28-21-18-17-20-26(28)22-50-53(14,15)40(11,12)13)42(25-43)33-31(52-36(47)39(8,9)10)27(23-49-34(45)37(2,3)4)30(24-48-33)51-35(46)38(5,6)7/h17-18,20-21,25,27,29-31,33H,16,19,22-24H2,1-15H3,(H,41,44)/t27-,29-,30-,31+,33+/m1/s1. The maximum atomic E-state index is 14.2. The van der Waals surface area contributed by atoms with Gasteiger partial charge in [-0.25, -0.2) is 0 Å². The lowest BCUT2D eigenvalue weighted by Gasteiger charge is -2.46. The van der Waals surface area contributed by atoms with Crippen molar-refractivity contribution in [2.45, 2.75) is 152 Å². The second-order valence-corrected chi connectivity index (χ2v) is 23.4. The molecule has 0 aromatic heterocycles. The van der Waals surface area contributed by atoms with E-state index in [0.29, 0.717) is 25.1 Å². The highest BCUT2D eigenvalue weighted by Crippen LogP contribution is 2.38.